The Hall–Kier alpha value is -3.58. The zero-order valence-corrected chi connectivity index (χ0v) is 18.7. The maximum atomic E-state index is 12.5. The van der Waals surface area contributed by atoms with Crippen molar-refractivity contribution in [3.05, 3.63) is 59.5 Å². The van der Waals surface area contributed by atoms with Crippen molar-refractivity contribution < 1.29 is 4.79 Å². The molecule has 2 aliphatic heterocycles. The second-order valence-corrected chi connectivity index (χ2v) is 7.86. The number of amides is 1. The average molecular weight is 449 g/mol. The number of nitriles is 1. The first-order chi connectivity index (χ1) is 15.1. The molecule has 1 atom stereocenters. The molecule has 1 aromatic carbocycles. The summed E-state index contributed by atoms with van der Waals surface area (Å²) >= 11 is 0. The normalized spacial score (nSPS) is 16.8. The molecule has 0 saturated carbocycles. The highest BCUT2D eigenvalue weighted by atomic mass is 32.1. The number of nitrogens with zero attached hydrogens (tertiary/aromatic N) is 7. The van der Waals surface area contributed by atoms with Crippen LogP contribution < -0.4 is 15.1 Å². The summed E-state index contributed by atoms with van der Waals surface area (Å²) in [4.78, 5) is 25.4. The molecule has 1 fully saturated rings. The SMILES string of the molecule is CN1C(=O)[C@@H]2CCCN2c2nc(NCc3cnn(Cc4ccc(C#N)cc4)c3)ncc21.S. The lowest BCUT2D eigenvalue weighted by Gasteiger charge is -2.36. The molecule has 1 amide bonds. The van der Waals surface area contributed by atoms with Gasteiger partial charge in [-0.3, -0.25) is 9.48 Å². The Morgan fingerprint density at radius 1 is 1.22 bits per heavy atom. The molecule has 3 aromatic rings. The molecule has 2 aromatic heterocycles. The van der Waals surface area contributed by atoms with Gasteiger partial charge < -0.3 is 15.1 Å². The molecule has 0 radical (unpaired) electrons. The highest BCUT2D eigenvalue weighted by Crippen LogP contribution is 2.37. The van der Waals surface area contributed by atoms with Crippen molar-refractivity contribution in [3.8, 4) is 6.07 Å². The summed E-state index contributed by atoms with van der Waals surface area (Å²) < 4.78 is 1.86. The number of rotatable bonds is 5. The number of anilines is 3. The van der Waals surface area contributed by atoms with Gasteiger partial charge in [-0.15, -0.1) is 0 Å². The van der Waals surface area contributed by atoms with E-state index in [0.717, 1.165) is 42.0 Å². The second kappa shape index (κ2) is 8.88. The van der Waals surface area contributed by atoms with Crippen LogP contribution in [0.4, 0.5) is 17.5 Å². The van der Waals surface area contributed by atoms with Gasteiger partial charge in [-0.1, -0.05) is 12.1 Å². The Morgan fingerprint density at radius 3 is 2.81 bits per heavy atom. The van der Waals surface area contributed by atoms with Gasteiger partial charge in [0.15, 0.2) is 5.82 Å². The van der Waals surface area contributed by atoms with Gasteiger partial charge in [-0.2, -0.15) is 28.8 Å². The summed E-state index contributed by atoms with van der Waals surface area (Å²) in [5, 5.41) is 16.6. The number of hydrogen-bond donors (Lipinski definition) is 1. The fraction of sp³-hybridized carbons (Fsp3) is 0.318. The zero-order chi connectivity index (χ0) is 21.4. The minimum Gasteiger partial charge on any atom is -0.350 e. The number of benzene rings is 1. The van der Waals surface area contributed by atoms with Gasteiger partial charge in [-0.25, -0.2) is 4.98 Å². The molecular formula is C22H24N8OS. The summed E-state index contributed by atoms with van der Waals surface area (Å²) in [6.07, 6.45) is 7.37. The lowest BCUT2D eigenvalue weighted by Crippen LogP contribution is -2.49. The highest BCUT2D eigenvalue weighted by Gasteiger charge is 2.40. The minimum atomic E-state index is -0.110. The van der Waals surface area contributed by atoms with Gasteiger partial charge >= 0.3 is 0 Å². The van der Waals surface area contributed by atoms with E-state index in [9.17, 15) is 4.79 Å². The third kappa shape index (κ3) is 3.99. The van der Waals surface area contributed by atoms with Crippen LogP contribution in [0.25, 0.3) is 0 Å². The van der Waals surface area contributed by atoms with Crippen LogP contribution in [0.15, 0.2) is 42.9 Å². The molecule has 0 spiro atoms. The lowest BCUT2D eigenvalue weighted by atomic mass is 10.1. The zero-order valence-electron chi connectivity index (χ0n) is 17.7. The number of aromatic nitrogens is 4. The van der Waals surface area contributed by atoms with Crippen LogP contribution in [0.3, 0.4) is 0 Å². The summed E-state index contributed by atoms with van der Waals surface area (Å²) in [7, 11) is 1.79. The predicted octanol–water partition coefficient (Wildman–Crippen LogP) is 2.26. The Kier molecular flexibility index (Phi) is 6.01. The van der Waals surface area contributed by atoms with Crippen molar-refractivity contribution in [1.82, 2.24) is 19.7 Å². The minimum absolute atomic E-state index is 0. The van der Waals surface area contributed by atoms with Crippen molar-refractivity contribution in [2.75, 3.05) is 28.7 Å². The van der Waals surface area contributed by atoms with E-state index in [1.165, 1.54) is 0 Å². The van der Waals surface area contributed by atoms with Crippen molar-refractivity contribution >= 4 is 36.9 Å². The first kappa shape index (κ1) is 21.6. The molecule has 9 nitrogen and oxygen atoms in total. The predicted molar refractivity (Wildman–Crippen MR) is 126 cm³/mol. The van der Waals surface area contributed by atoms with Crippen LogP contribution in [0, 0.1) is 11.3 Å². The van der Waals surface area contributed by atoms with Gasteiger partial charge in [0.05, 0.1) is 30.6 Å². The monoisotopic (exact) mass is 448 g/mol. The smallest absolute Gasteiger partial charge is 0.249 e. The van der Waals surface area contributed by atoms with E-state index in [1.807, 2.05) is 41.3 Å². The van der Waals surface area contributed by atoms with E-state index in [0.29, 0.717) is 24.6 Å². The summed E-state index contributed by atoms with van der Waals surface area (Å²) in [5.74, 6) is 1.47. The van der Waals surface area contributed by atoms with E-state index >= 15 is 0 Å². The van der Waals surface area contributed by atoms with Crippen molar-refractivity contribution in [1.29, 1.82) is 5.26 Å². The maximum Gasteiger partial charge on any atom is 0.249 e. The molecule has 1 saturated heterocycles. The van der Waals surface area contributed by atoms with Crippen LogP contribution in [0.2, 0.25) is 0 Å². The Morgan fingerprint density at radius 2 is 2.03 bits per heavy atom. The van der Waals surface area contributed by atoms with Crippen LogP contribution >= 0.6 is 13.5 Å². The Labute approximate surface area is 193 Å². The first-order valence-electron chi connectivity index (χ1n) is 10.3. The number of carbonyl (C=O) groups is 1. The molecule has 1 N–H and O–H groups in total. The van der Waals surface area contributed by atoms with E-state index in [2.05, 4.69) is 26.4 Å². The van der Waals surface area contributed by atoms with Gasteiger partial charge in [-0.05, 0) is 30.5 Å². The van der Waals surface area contributed by atoms with Gasteiger partial charge in [0, 0.05) is 31.9 Å². The number of fused-ring (bicyclic) bond motifs is 3. The quantitative estimate of drug-likeness (QED) is 0.639. The molecule has 4 heterocycles. The standard InChI is InChI=1S/C22H22N8O.H2S/c1-28-19-12-25-22(27-20(19)30-8-2-3-18(30)21(28)31)24-10-17-11-26-29(14-17)13-16-6-4-15(9-23)5-7-16;/h4-7,11-12,14,18H,2-3,8,10,13H2,1H3,(H,24,25,27);1H2/t18-;/m0./s1. The molecule has 164 valence electrons. The highest BCUT2D eigenvalue weighted by molar-refractivity contribution is 7.59. The largest absolute Gasteiger partial charge is 0.350 e. The lowest BCUT2D eigenvalue weighted by molar-refractivity contribution is -0.119. The average Bonchev–Trinajstić information content (AvgIpc) is 3.46. The van der Waals surface area contributed by atoms with Crippen LogP contribution in [0.1, 0.15) is 29.5 Å². The molecule has 32 heavy (non-hydrogen) atoms. The Balaban J connectivity index is 0.00000245. The van der Waals surface area contributed by atoms with Crippen molar-refractivity contribution in [2.45, 2.75) is 32.0 Å². The van der Waals surface area contributed by atoms with Crippen molar-refractivity contribution in [3.63, 3.8) is 0 Å². The van der Waals surface area contributed by atoms with Gasteiger partial charge in [0.25, 0.3) is 0 Å². The summed E-state index contributed by atoms with van der Waals surface area (Å²) in [6.45, 7) is 2.03. The topological polar surface area (TPSA) is 103 Å². The third-order valence-corrected chi connectivity index (χ3v) is 5.82. The van der Waals surface area contributed by atoms with E-state index < -0.39 is 0 Å². The molecule has 5 rings (SSSR count). The van der Waals surface area contributed by atoms with E-state index in [-0.39, 0.29) is 25.4 Å². The summed E-state index contributed by atoms with van der Waals surface area (Å²) in [6, 6.07) is 9.51. The third-order valence-electron chi connectivity index (χ3n) is 5.82. The molecule has 2 aliphatic rings. The number of nitrogens with one attached hydrogen (secondary N) is 1. The fourth-order valence-corrected chi connectivity index (χ4v) is 4.16. The maximum absolute atomic E-state index is 12.5. The molecule has 0 aliphatic carbocycles. The second-order valence-electron chi connectivity index (χ2n) is 7.86. The fourth-order valence-electron chi connectivity index (χ4n) is 4.16. The number of likely N-dealkylation sites (N-methyl/N-ethyl adjacent to an activating group) is 1. The van der Waals surface area contributed by atoms with Crippen LogP contribution in [0.5, 0.6) is 0 Å². The van der Waals surface area contributed by atoms with E-state index in [1.54, 1.807) is 18.1 Å². The number of hydrogen-bond acceptors (Lipinski definition) is 7. The molecular weight excluding hydrogens is 424 g/mol. The number of carbonyl (C=O) groups excluding carboxylic acids is 1. The first-order valence-corrected chi connectivity index (χ1v) is 10.3. The van der Waals surface area contributed by atoms with Gasteiger partial charge in [0.2, 0.25) is 11.9 Å². The molecule has 0 unspecified atom stereocenters. The van der Waals surface area contributed by atoms with Crippen molar-refractivity contribution in [2.24, 2.45) is 0 Å². The Bertz CT molecular complexity index is 1170. The molecule has 0 bridgehead atoms. The summed E-state index contributed by atoms with van der Waals surface area (Å²) in [5.41, 5.74) is 3.50. The van der Waals surface area contributed by atoms with E-state index in [4.69, 9.17) is 10.2 Å². The van der Waals surface area contributed by atoms with Crippen LogP contribution in [-0.2, 0) is 17.9 Å². The molecule has 10 heteroatoms. The van der Waals surface area contributed by atoms with Crippen LogP contribution in [-0.4, -0.2) is 45.3 Å². The van der Waals surface area contributed by atoms with Gasteiger partial charge in [0.1, 0.15) is 11.7 Å².